The number of rotatable bonds is 4. The first-order valence-electron chi connectivity index (χ1n) is 9.01. The van der Waals surface area contributed by atoms with Crippen molar-refractivity contribution >= 4 is 11.8 Å². The van der Waals surface area contributed by atoms with Crippen LogP contribution in [0.4, 0.5) is 0 Å². The Bertz CT molecular complexity index is 388. The number of carbonyl (C=O) groups is 2. The summed E-state index contributed by atoms with van der Waals surface area (Å²) in [4.78, 5) is 23.3. The molecule has 2 amide bonds. The van der Waals surface area contributed by atoms with Crippen molar-refractivity contribution in [2.45, 2.75) is 88.4 Å². The number of aliphatic hydroxyl groups excluding tert-OH is 2. The van der Waals surface area contributed by atoms with Gasteiger partial charge in [-0.25, -0.2) is 0 Å². The molecule has 1 rings (SSSR count). The summed E-state index contributed by atoms with van der Waals surface area (Å²) in [6, 6.07) is 0. The maximum absolute atomic E-state index is 12.1. The Kier molecular flexibility index (Phi) is 9.25. The van der Waals surface area contributed by atoms with Gasteiger partial charge in [0.15, 0.2) is 11.7 Å². The van der Waals surface area contributed by atoms with Gasteiger partial charge in [-0.15, -0.1) is 0 Å². The van der Waals surface area contributed by atoms with E-state index in [1.54, 1.807) is 0 Å². The van der Waals surface area contributed by atoms with E-state index in [-0.39, 0.29) is 13.0 Å². The fraction of sp³-hybridized carbons (Fsp3) is 0.882. The van der Waals surface area contributed by atoms with Crippen LogP contribution in [0.25, 0.3) is 0 Å². The minimum Gasteiger partial charge on any atom is -0.386 e. The Morgan fingerprint density at radius 1 is 0.833 bits per heavy atom. The van der Waals surface area contributed by atoms with Gasteiger partial charge in [-0.1, -0.05) is 51.4 Å². The summed E-state index contributed by atoms with van der Waals surface area (Å²) in [6.07, 6.45) is 6.59. The maximum atomic E-state index is 12.1. The van der Waals surface area contributed by atoms with Gasteiger partial charge in [0.2, 0.25) is 5.91 Å². The molecule has 24 heavy (non-hydrogen) atoms. The van der Waals surface area contributed by atoms with Crippen LogP contribution in [-0.4, -0.2) is 46.4 Å². The lowest BCUT2D eigenvalue weighted by atomic mass is 9.85. The van der Waals surface area contributed by atoms with Gasteiger partial charge in [0.25, 0.3) is 5.91 Å². The van der Waals surface area contributed by atoms with Crippen molar-refractivity contribution in [1.29, 1.82) is 0 Å². The Morgan fingerprint density at radius 3 is 1.75 bits per heavy atom. The molecule has 7 nitrogen and oxygen atoms in total. The molecule has 0 unspecified atom stereocenters. The Labute approximate surface area is 143 Å². The highest BCUT2D eigenvalue weighted by atomic mass is 16.5. The van der Waals surface area contributed by atoms with E-state index in [0.29, 0.717) is 6.42 Å². The van der Waals surface area contributed by atoms with Gasteiger partial charge in [-0.2, -0.15) is 0 Å². The van der Waals surface area contributed by atoms with Crippen molar-refractivity contribution in [3.05, 3.63) is 0 Å². The third-order valence-corrected chi connectivity index (χ3v) is 4.79. The van der Waals surface area contributed by atoms with E-state index in [1.807, 2.05) is 0 Å². The van der Waals surface area contributed by atoms with Gasteiger partial charge in [0, 0.05) is 6.61 Å². The van der Waals surface area contributed by atoms with Crippen LogP contribution >= 0.6 is 0 Å². The Hall–Kier alpha value is -1.18. The predicted octanol–water partition coefficient (Wildman–Crippen LogP) is 0.739. The Balaban J connectivity index is 2.87. The molecule has 140 valence electrons. The van der Waals surface area contributed by atoms with Crippen LogP contribution in [-0.2, 0) is 14.3 Å². The lowest BCUT2D eigenvalue weighted by Gasteiger charge is -2.36. The quantitative estimate of drug-likeness (QED) is 0.596. The van der Waals surface area contributed by atoms with Gasteiger partial charge in [-0.3, -0.25) is 9.59 Å². The second-order valence-corrected chi connectivity index (χ2v) is 6.68. The van der Waals surface area contributed by atoms with Crippen molar-refractivity contribution in [3.63, 3.8) is 0 Å². The van der Waals surface area contributed by atoms with E-state index in [0.717, 1.165) is 38.5 Å². The van der Waals surface area contributed by atoms with Crippen LogP contribution in [0.2, 0.25) is 0 Å². The molecular formula is C17H32N2O5. The lowest BCUT2D eigenvalue weighted by Crippen LogP contribution is -2.61. The van der Waals surface area contributed by atoms with Crippen LogP contribution in [0.5, 0.6) is 0 Å². The highest BCUT2D eigenvalue weighted by molar-refractivity contribution is 5.87. The number of nitrogens with two attached hydrogens (primary N) is 2. The summed E-state index contributed by atoms with van der Waals surface area (Å²) in [5.41, 5.74) is 8.77. The van der Waals surface area contributed by atoms with E-state index < -0.39 is 29.6 Å². The summed E-state index contributed by atoms with van der Waals surface area (Å²) in [5.74, 6) is -1.98. The van der Waals surface area contributed by atoms with Gasteiger partial charge in [0.1, 0.15) is 6.10 Å². The number of ether oxygens (including phenoxy) is 1. The SMILES string of the molecule is NC(=O)[C@@H](O)[C@H](O)[C@@]1(C(N)=O)CCCCCCCCCCCCO1. The zero-order chi connectivity index (χ0) is 18.0. The zero-order valence-corrected chi connectivity index (χ0v) is 14.4. The van der Waals surface area contributed by atoms with Crippen LogP contribution in [0, 0.1) is 0 Å². The highest BCUT2D eigenvalue weighted by Gasteiger charge is 2.49. The van der Waals surface area contributed by atoms with Crippen LogP contribution in [0.15, 0.2) is 0 Å². The van der Waals surface area contributed by atoms with Crippen LogP contribution in [0.1, 0.15) is 70.6 Å². The first kappa shape index (κ1) is 20.9. The average Bonchev–Trinajstić information content (AvgIpc) is 2.55. The number of primary amides is 2. The van der Waals surface area contributed by atoms with E-state index in [9.17, 15) is 19.8 Å². The highest BCUT2D eigenvalue weighted by Crippen LogP contribution is 2.28. The summed E-state index contributed by atoms with van der Waals surface area (Å²) in [6.45, 7) is 0.242. The first-order chi connectivity index (χ1) is 11.4. The van der Waals surface area contributed by atoms with Gasteiger partial charge < -0.3 is 26.4 Å². The Morgan fingerprint density at radius 2 is 1.29 bits per heavy atom. The minimum absolute atomic E-state index is 0.161. The van der Waals surface area contributed by atoms with Crippen molar-refractivity contribution in [3.8, 4) is 0 Å². The van der Waals surface area contributed by atoms with Gasteiger partial charge >= 0.3 is 0 Å². The largest absolute Gasteiger partial charge is 0.386 e. The smallest absolute Gasteiger partial charge is 0.252 e. The van der Waals surface area contributed by atoms with Gasteiger partial charge in [-0.05, 0) is 19.3 Å². The molecule has 0 spiro atoms. The summed E-state index contributed by atoms with van der Waals surface area (Å²) >= 11 is 0. The molecule has 0 bridgehead atoms. The second kappa shape index (κ2) is 10.6. The lowest BCUT2D eigenvalue weighted by molar-refractivity contribution is -0.181. The first-order valence-corrected chi connectivity index (χ1v) is 9.01. The van der Waals surface area contributed by atoms with Crippen LogP contribution in [0.3, 0.4) is 0 Å². The topological polar surface area (TPSA) is 136 Å². The molecule has 0 radical (unpaired) electrons. The molecule has 1 fully saturated rings. The molecule has 7 heteroatoms. The van der Waals surface area contributed by atoms with E-state index in [2.05, 4.69) is 0 Å². The molecule has 1 saturated heterocycles. The number of hydrogen-bond donors (Lipinski definition) is 4. The predicted molar refractivity (Wildman–Crippen MR) is 89.9 cm³/mol. The molecule has 0 aromatic rings. The average molecular weight is 344 g/mol. The molecule has 1 heterocycles. The van der Waals surface area contributed by atoms with E-state index in [4.69, 9.17) is 16.2 Å². The summed E-state index contributed by atoms with van der Waals surface area (Å²) in [5, 5.41) is 20.2. The standard InChI is InChI=1S/C17H32N2O5/c18-15(22)13(20)14(21)17(16(19)23)11-9-7-5-3-1-2-4-6-8-10-12-24-17/h13-14,20-21H,1-12H2,(H2,18,22)(H2,19,23)/t13-,14-,17+/m0/s1. The maximum Gasteiger partial charge on any atom is 0.252 e. The molecule has 0 aliphatic carbocycles. The number of carbonyl (C=O) groups excluding carboxylic acids is 2. The molecule has 0 saturated carbocycles. The number of aliphatic hydroxyl groups is 2. The molecule has 1 aliphatic rings. The monoisotopic (exact) mass is 344 g/mol. The normalized spacial score (nSPS) is 27.6. The second-order valence-electron chi connectivity index (χ2n) is 6.68. The third-order valence-electron chi connectivity index (χ3n) is 4.79. The fourth-order valence-corrected chi connectivity index (χ4v) is 3.21. The van der Waals surface area contributed by atoms with Crippen LogP contribution < -0.4 is 11.5 Å². The molecule has 0 aromatic heterocycles. The molecule has 0 aromatic carbocycles. The van der Waals surface area contributed by atoms with E-state index >= 15 is 0 Å². The minimum atomic E-state index is -1.89. The fourth-order valence-electron chi connectivity index (χ4n) is 3.21. The molecule has 3 atom stereocenters. The van der Waals surface area contributed by atoms with Gasteiger partial charge in [0.05, 0.1) is 0 Å². The third kappa shape index (κ3) is 6.03. The number of amides is 2. The summed E-state index contributed by atoms with van der Waals surface area (Å²) < 4.78 is 5.68. The summed E-state index contributed by atoms with van der Waals surface area (Å²) in [7, 11) is 0. The van der Waals surface area contributed by atoms with Crippen molar-refractivity contribution in [2.75, 3.05) is 6.61 Å². The molecule has 1 aliphatic heterocycles. The molecular weight excluding hydrogens is 312 g/mol. The van der Waals surface area contributed by atoms with Crippen molar-refractivity contribution in [1.82, 2.24) is 0 Å². The number of hydrogen-bond acceptors (Lipinski definition) is 5. The van der Waals surface area contributed by atoms with Crippen molar-refractivity contribution in [2.24, 2.45) is 11.5 Å². The van der Waals surface area contributed by atoms with E-state index in [1.165, 1.54) is 19.3 Å². The molecule has 6 N–H and O–H groups in total. The van der Waals surface area contributed by atoms with Crippen molar-refractivity contribution < 1.29 is 24.5 Å². The zero-order valence-electron chi connectivity index (χ0n) is 14.4.